The summed E-state index contributed by atoms with van der Waals surface area (Å²) in [7, 11) is 0. The van der Waals surface area contributed by atoms with Crippen molar-refractivity contribution in [3.8, 4) is 11.5 Å². The molecule has 0 saturated heterocycles. The number of hydrogen-bond acceptors (Lipinski definition) is 3. The van der Waals surface area contributed by atoms with Gasteiger partial charge in [-0.3, -0.25) is 4.79 Å². The Hall–Kier alpha value is -2.04. The predicted octanol–water partition coefficient (Wildman–Crippen LogP) is 3.97. The molecule has 3 rings (SSSR count). The van der Waals surface area contributed by atoms with E-state index in [0.717, 1.165) is 36.4 Å². The van der Waals surface area contributed by atoms with Gasteiger partial charge in [0.05, 0.1) is 0 Å². The van der Waals surface area contributed by atoms with E-state index in [4.69, 9.17) is 10.5 Å². The highest BCUT2D eigenvalue weighted by molar-refractivity contribution is 5.92. The SMILES string of the molecule is Cl.NC1CCC(C(=O)Nc2ccc(Oc3ccccc3)cc2)C1. The molecule has 1 saturated carbocycles. The van der Waals surface area contributed by atoms with E-state index in [1.807, 2.05) is 54.6 Å². The normalized spacial score (nSPS) is 19.7. The summed E-state index contributed by atoms with van der Waals surface area (Å²) in [5.41, 5.74) is 6.64. The lowest BCUT2D eigenvalue weighted by molar-refractivity contribution is -0.119. The number of carbonyl (C=O) groups excluding carboxylic acids is 1. The quantitative estimate of drug-likeness (QED) is 0.890. The molecular formula is C18H21ClN2O2. The summed E-state index contributed by atoms with van der Waals surface area (Å²) in [6, 6.07) is 17.2. The summed E-state index contributed by atoms with van der Waals surface area (Å²) < 4.78 is 5.72. The lowest BCUT2D eigenvalue weighted by atomic mass is 10.1. The summed E-state index contributed by atoms with van der Waals surface area (Å²) in [6.45, 7) is 0. The second-order valence-electron chi connectivity index (χ2n) is 5.70. The van der Waals surface area contributed by atoms with E-state index >= 15 is 0 Å². The Balaban J connectivity index is 0.00000192. The first kappa shape index (κ1) is 17.3. The fourth-order valence-electron chi connectivity index (χ4n) is 2.73. The number of amides is 1. The zero-order valence-electron chi connectivity index (χ0n) is 12.8. The molecule has 122 valence electrons. The lowest BCUT2D eigenvalue weighted by Crippen LogP contribution is -2.23. The zero-order chi connectivity index (χ0) is 15.4. The summed E-state index contributed by atoms with van der Waals surface area (Å²) in [6.07, 6.45) is 2.59. The van der Waals surface area contributed by atoms with Gasteiger partial charge in [0, 0.05) is 17.6 Å². The van der Waals surface area contributed by atoms with Crippen LogP contribution in [0.25, 0.3) is 0 Å². The third-order valence-corrected chi connectivity index (χ3v) is 3.94. The highest BCUT2D eigenvalue weighted by Gasteiger charge is 2.27. The van der Waals surface area contributed by atoms with Crippen LogP contribution < -0.4 is 15.8 Å². The third kappa shape index (κ3) is 4.71. The van der Waals surface area contributed by atoms with Crippen LogP contribution >= 0.6 is 12.4 Å². The van der Waals surface area contributed by atoms with Crippen molar-refractivity contribution in [2.45, 2.75) is 25.3 Å². The lowest BCUT2D eigenvalue weighted by Gasteiger charge is -2.11. The van der Waals surface area contributed by atoms with Crippen molar-refractivity contribution in [2.75, 3.05) is 5.32 Å². The zero-order valence-corrected chi connectivity index (χ0v) is 13.6. The highest BCUT2D eigenvalue weighted by Crippen LogP contribution is 2.26. The van der Waals surface area contributed by atoms with Crippen molar-refractivity contribution >= 4 is 24.0 Å². The predicted molar refractivity (Wildman–Crippen MR) is 94.2 cm³/mol. The molecule has 1 amide bonds. The number of anilines is 1. The van der Waals surface area contributed by atoms with Gasteiger partial charge in [-0.05, 0) is 55.7 Å². The average molecular weight is 333 g/mol. The average Bonchev–Trinajstić information content (AvgIpc) is 2.97. The first-order valence-corrected chi connectivity index (χ1v) is 7.60. The molecule has 1 aliphatic carbocycles. The number of hydrogen-bond donors (Lipinski definition) is 2. The van der Waals surface area contributed by atoms with E-state index < -0.39 is 0 Å². The molecule has 0 radical (unpaired) electrons. The molecule has 2 aromatic rings. The molecule has 4 nitrogen and oxygen atoms in total. The maximum atomic E-state index is 12.1. The highest BCUT2D eigenvalue weighted by atomic mass is 35.5. The largest absolute Gasteiger partial charge is 0.457 e. The molecule has 2 unspecified atom stereocenters. The van der Waals surface area contributed by atoms with Gasteiger partial charge in [0.15, 0.2) is 0 Å². The Morgan fingerprint density at radius 1 is 1.00 bits per heavy atom. The molecule has 2 aromatic carbocycles. The minimum absolute atomic E-state index is 0. The van der Waals surface area contributed by atoms with Gasteiger partial charge in [-0.1, -0.05) is 18.2 Å². The van der Waals surface area contributed by atoms with Crippen molar-refractivity contribution < 1.29 is 9.53 Å². The van der Waals surface area contributed by atoms with E-state index in [2.05, 4.69) is 5.32 Å². The molecule has 23 heavy (non-hydrogen) atoms. The number of ether oxygens (including phenoxy) is 1. The molecule has 2 atom stereocenters. The van der Waals surface area contributed by atoms with Crippen molar-refractivity contribution in [2.24, 2.45) is 11.7 Å². The summed E-state index contributed by atoms with van der Waals surface area (Å²) in [5.74, 6) is 1.63. The number of para-hydroxylation sites is 1. The third-order valence-electron chi connectivity index (χ3n) is 3.94. The van der Waals surface area contributed by atoms with Gasteiger partial charge in [0.1, 0.15) is 11.5 Å². The van der Waals surface area contributed by atoms with Gasteiger partial charge in [0.2, 0.25) is 5.91 Å². The smallest absolute Gasteiger partial charge is 0.227 e. The Morgan fingerprint density at radius 3 is 2.26 bits per heavy atom. The summed E-state index contributed by atoms with van der Waals surface area (Å²) >= 11 is 0. The number of nitrogens with two attached hydrogens (primary N) is 1. The van der Waals surface area contributed by atoms with E-state index in [9.17, 15) is 4.79 Å². The first-order valence-electron chi connectivity index (χ1n) is 7.60. The Morgan fingerprint density at radius 2 is 1.65 bits per heavy atom. The van der Waals surface area contributed by atoms with Crippen molar-refractivity contribution in [1.29, 1.82) is 0 Å². The molecule has 0 bridgehead atoms. The number of nitrogens with one attached hydrogen (secondary N) is 1. The molecule has 0 aliphatic heterocycles. The maximum Gasteiger partial charge on any atom is 0.227 e. The van der Waals surface area contributed by atoms with Gasteiger partial charge < -0.3 is 15.8 Å². The van der Waals surface area contributed by atoms with Gasteiger partial charge in [-0.15, -0.1) is 12.4 Å². The Bertz CT molecular complexity index is 631. The van der Waals surface area contributed by atoms with Crippen molar-refractivity contribution in [3.63, 3.8) is 0 Å². The van der Waals surface area contributed by atoms with E-state index in [-0.39, 0.29) is 30.3 Å². The fraction of sp³-hybridized carbons (Fsp3) is 0.278. The van der Waals surface area contributed by atoms with Gasteiger partial charge in [-0.2, -0.15) is 0 Å². The van der Waals surface area contributed by atoms with Crippen LogP contribution in [0.5, 0.6) is 11.5 Å². The van der Waals surface area contributed by atoms with Crippen LogP contribution in [-0.4, -0.2) is 11.9 Å². The second kappa shape index (κ2) is 7.99. The maximum absolute atomic E-state index is 12.1. The molecule has 5 heteroatoms. The topological polar surface area (TPSA) is 64.4 Å². The standard InChI is InChI=1S/C18H20N2O2.ClH/c19-14-7-6-13(12-14)18(21)20-15-8-10-17(11-9-15)22-16-4-2-1-3-5-16;/h1-5,8-11,13-14H,6-7,12,19H2,(H,20,21);1H. The fourth-order valence-corrected chi connectivity index (χ4v) is 2.73. The molecule has 1 aliphatic rings. The van der Waals surface area contributed by atoms with Crippen molar-refractivity contribution in [3.05, 3.63) is 54.6 Å². The molecule has 0 spiro atoms. The van der Waals surface area contributed by atoms with Gasteiger partial charge in [0.25, 0.3) is 0 Å². The second-order valence-corrected chi connectivity index (χ2v) is 5.70. The number of halogens is 1. The minimum Gasteiger partial charge on any atom is -0.457 e. The van der Waals surface area contributed by atoms with E-state index in [1.54, 1.807) is 0 Å². The van der Waals surface area contributed by atoms with Crippen LogP contribution in [0.3, 0.4) is 0 Å². The van der Waals surface area contributed by atoms with Crippen LogP contribution in [0.2, 0.25) is 0 Å². The van der Waals surface area contributed by atoms with Crippen molar-refractivity contribution in [1.82, 2.24) is 0 Å². The number of carbonyl (C=O) groups is 1. The number of benzene rings is 2. The monoisotopic (exact) mass is 332 g/mol. The molecule has 1 fully saturated rings. The summed E-state index contributed by atoms with van der Waals surface area (Å²) in [5, 5.41) is 2.95. The van der Waals surface area contributed by atoms with Crippen LogP contribution in [0.1, 0.15) is 19.3 Å². The van der Waals surface area contributed by atoms with E-state index in [1.165, 1.54) is 0 Å². The summed E-state index contributed by atoms with van der Waals surface area (Å²) in [4.78, 5) is 12.1. The molecule has 0 aromatic heterocycles. The van der Waals surface area contributed by atoms with Crippen LogP contribution in [0, 0.1) is 5.92 Å². The Kier molecular flexibility index (Phi) is 6.02. The van der Waals surface area contributed by atoms with Crippen LogP contribution in [-0.2, 0) is 4.79 Å². The van der Waals surface area contributed by atoms with Gasteiger partial charge >= 0.3 is 0 Å². The molecule has 0 heterocycles. The first-order chi connectivity index (χ1) is 10.7. The molecular weight excluding hydrogens is 312 g/mol. The van der Waals surface area contributed by atoms with Gasteiger partial charge in [-0.25, -0.2) is 0 Å². The minimum atomic E-state index is 0. The van der Waals surface area contributed by atoms with Crippen LogP contribution in [0.15, 0.2) is 54.6 Å². The Labute approximate surface area is 142 Å². The molecule has 3 N–H and O–H groups in total. The van der Waals surface area contributed by atoms with Crippen LogP contribution in [0.4, 0.5) is 5.69 Å². The number of rotatable bonds is 4. The van der Waals surface area contributed by atoms with E-state index in [0.29, 0.717) is 0 Å².